The van der Waals surface area contributed by atoms with Crippen molar-refractivity contribution in [1.29, 1.82) is 0 Å². The summed E-state index contributed by atoms with van der Waals surface area (Å²) in [5.74, 6) is 0.640. The summed E-state index contributed by atoms with van der Waals surface area (Å²) in [6.07, 6.45) is 3.17. The monoisotopic (exact) mass is 236 g/mol. The minimum Gasteiger partial charge on any atom is -0.282 e. The number of H-pyrrole nitrogens is 1. The lowest BCUT2D eigenvalue weighted by molar-refractivity contribution is -0.140. The molecule has 0 atom stereocenters. The Kier molecular flexibility index (Phi) is 2.95. The summed E-state index contributed by atoms with van der Waals surface area (Å²) in [4.78, 5) is 28.9. The summed E-state index contributed by atoms with van der Waals surface area (Å²) >= 11 is 0. The number of rotatable bonds is 4. The van der Waals surface area contributed by atoms with Crippen molar-refractivity contribution in [2.75, 3.05) is 6.54 Å². The second kappa shape index (κ2) is 4.27. The van der Waals surface area contributed by atoms with Gasteiger partial charge in [0.15, 0.2) is 0 Å². The van der Waals surface area contributed by atoms with Crippen LogP contribution in [0.5, 0.6) is 0 Å². The van der Waals surface area contributed by atoms with Crippen molar-refractivity contribution in [3.8, 4) is 0 Å². The number of carbonyl (C=O) groups is 2. The Labute approximate surface area is 99.4 Å². The number of aryl methyl sites for hydroxylation is 1. The van der Waals surface area contributed by atoms with Crippen LogP contribution in [0.15, 0.2) is 6.33 Å². The summed E-state index contributed by atoms with van der Waals surface area (Å²) in [5, 5.41) is 6.49. The first-order chi connectivity index (χ1) is 8.00. The maximum atomic E-state index is 11.9. The topological polar surface area (TPSA) is 79.0 Å². The number of aromatic nitrogens is 3. The molecule has 6 nitrogen and oxygen atoms in total. The molecule has 2 rings (SSSR count). The van der Waals surface area contributed by atoms with Gasteiger partial charge in [0.25, 0.3) is 0 Å². The normalized spacial score (nSPS) is 19.1. The summed E-state index contributed by atoms with van der Waals surface area (Å²) in [6, 6.07) is 0. The molecule has 1 N–H and O–H groups in total. The second-order valence-corrected chi connectivity index (χ2v) is 4.95. The van der Waals surface area contributed by atoms with Crippen LogP contribution in [0.3, 0.4) is 0 Å². The van der Waals surface area contributed by atoms with Crippen LogP contribution >= 0.6 is 0 Å². The van der Waals surface area contributed by atoms with Gasteiger partial charge in [0.1, 0.15) is 12.2 Å². The van der Waals surface area contributed by atoms with Gasteiger partial charge in [0.2, 0.25) is 11.8 Å². The number of hydrogen-bond donors (Lipinski definition) is 1. The third kappa shape index (κ3) is 2.35. The highest BCUT2D eigenvalue weighted by atomic mass is 16.2. The second-order valence-electron chi connectivity index (χ2n) is 4.95. The van der Waals surface area contributed by atoms with Gasteiger partial charge in [-0.05, 0) is 6.42 Å². The van der Waals surface area contributed by atoms with E-state index in [1.165, 1.54) is 11.2 Å². The third-order valence-electron chi connectivity index (χ3n) is 2.98. The van der Waals surface area contributed by atoms with Crippen LogP contribution < -0.4 is 0 Å². The summed E-state index contributed by atoms with van der Waals surface area (Å²) in [5.41, 5.74) is -0.538. The summed E-state index contributed by atoms with van der Waals surface area (Å²) < 4.78 is 0. The lowest BCUT2D eigenvalue weighted by Gasteiger charge is -2.17. The Bertz CT molecular complexity index is 425. The predicted octanol–water partition coefficient (Wildman–Crippen LogP) is 0.522. The van der Waals surface area contributed by atoms with E-state index in [-0.39, 0.29) is 11.8 Å². The fourth-order valence-electron chi connectivity index (χ4n) is 2.01. The fraction of sp³-hybridized carbons (Fsp3) is 0.636. The van der Waals surface area contributed by atoms with Crippen LogP contribution in [-0.4, -0.2) is 38.4 Å². The summed E-state index contributed by atoms with van der Waals surface area (Å²) in [7, 11) is 0. The molecule has 92 valence electrons. The maximum Gasteiger partial charge on any atom is 0.235 e. The molecule has 1 aliphatic rings. The molecule has 0 aliphatic carbocycles. The average Bonchev–Trinajstić information content (AvgIpc) is 2.80. The highest BCUT2D eigenvalue weighted by Gasteiger charge is 2.44. The number of nitrogens with one attached hydrogen (secondary N) is 1. The molecule has 0 saturated carbocycles. The van der Waals surface area contributed by atoms with Crippen molar-refractivity contribution < 1.29 is 9.59 Å². The van der Waals surface area contributed by atoms with Crippen LogP contribution in [0.4, 0.5) is 0 Å². The first-order valence-electron chi connectivity index (χ1n) is 5.70. The SMILES string of the molecule is CC1(C)CC(=O)N(CCCc2ncn[nH]2)C1=O. The average molecular weight is 236 g/mol. The predicted molar refractivity (Wildman–Crippen MR) is 59.8 cm³/mol. The van der Waals surface area contributed by atoms with Crippen LogP contribution in [0.2, 0.25) is 0 Å². The standard InChI is InChI=1S/C11H16N4O2/c1-11(2)6-9(16)15(10(11)17)5-3-4-8-12-7-13-14-8/h7H,3-6H2,1-2H3,(H,12,13,14). The van der Waals surface area contributed by atoms with E-state index in [0.717, 1.165) is 5.82 Å². The van der Waals surface area contributed by atoms with Gasteiger partial charge in [0, 0.05) is 19.4 Å². The van der Waals surface area contributed by atoms with Gasteiger partial charge >= 0.3 is 0 Å². The molecule has 1 aliphatic heterocycles. The minimum absolute atomic E-state index is 0.0694. The van der Waals surface area contributed by atoms with E-state index in [4.69, 9.17) is 0 Å². The van der Waals surface area contributed by atoms with Crippen molar-refractivity contribution >= 4 is 11.8 Å². The molecule has 6 heteroatoms. The van der Waals surface area contributed by atoms with Gasteiger partial charge in [-0.3, -0.25) is 19.6 Å². The Balaban J connectivity index is 1.87. The van der Waals surface area contributed by atoms with Crippen molar-refractivity contribution in [3.05, 3.63) is 12.2 Å². The molecule has 2 amide bonds. The summed E-state index contributed by atoms with van der Waals surface area (Å²) in [6.45, 7) is 4.08. The maximum absolute atomic E-state index is 11.9. The largest absolute Gasteiger partial charge is 0.282 e. The van der Waals surface area contributed by atoms with E-state index < -0.39 is 5.41 Å². The van der Waals surface area contributed by atoms with E-state index in [0.29, 0.717) is 25.8 Å². The number of nitrogens with zero attached hydrogens (tertiary/aromatic N) is 3. The van der Waals surface area contributed by atoms with Crippen molar-refractivity contribution in [2.45, 2.75) is 33.1 Å². The van der Waals surface area contributed by atoms with Crippen LogP contribution in [0, 0.1) is 5.41 Å². The number of likely N-dealkylation sites (tertiary alicyclic amines) is 1. The lowest BCUT2D eigenvalue weighted by Crippen LogP contribution is -2.34. The van der Waals surface area contributed by atoms with Gasteiger partial charge in [-0.1, -0.05) is 13.8 Å². The van der Waals surface area contributed by atoms with E-state index >= 15 is 0 Å². The number of carbonyl (C=O) groups excluding carboxylic acids is 2. The molecule has 1 saturated heterocycles. The van der Waals surface area contributed by atoms with Gasteiger partial charge < -0.3 is 0 Å². The van der Waals surface area contributed by atoms with Gasteiger partial charge in [0.05, 0.1) is 5.41 Å². The minimum atomic E-state index is -0.538. The Morgan fingerprint density at radius 1 is 1.47 bits per heavy atom. The van der Waals surface area contributed by atoms with Crippen molar-refractivity contribution in [1.82, 2.24) is 20.1 Å². The lowest BCUT2D eigenvalue weighted by atomic mass is 9.92. The van der Waals surface area contributed by atoms with Crippen molar-refractivity contribution in [2.24, 2.45) is 5.41 Å². The number of amides is 2. The van der Waals surface area contributed by atoms with E-state index in [2.05, 4.69) is 15.2 Å². The number of aromatic amines is 1. The first kappa shape index (κ1) is 11.8. The molecule has 0 spiro atoms. The fourth-order valence-corrected chi connectivity index (χ4v) is 2.01. The molecule has 0 unspecified atom stereocenters. The smallest absolute Gasteiger partial charge is 0.235 e. The Morgan fingerprint density at radius 3 is 2.76 bits per heavy atom. The molecule has 2 heterocycles. The van der Waals surface area contributed by atoms with E-state index in [1.807, 2.05) is 13.8 Å². The third-order valence-corrected chi connectivity index (χ3v) is 2.98. The highest BCUT2D eigenvalue weighted by Crippen LogP contribution is 2.31. The zero-order valence-electron chi connectivity index (χ0n) is 10.1. The van der Waals surface area contributed by atoms with E-state index in [9.17, 15) is 9.59 Å². The molecule has 1 aromatic rings. The van der Waals surface area contributed by atoms with Gasteiger partial charge in [-0.25, -0.2) is 4.98 Å². The van der Waals surface area contributed by atoms with Gasteiger partial charge in [-0.2, -0.15) is 5.10 Å². The highest BCUT2D eigenvalue weighted by molar-refractivity contribution is 6.05. The van der Waals surface area contributed by atoms with Crippen LogP contribution in [0.25, 0.3) is 0 Å². The van der Waals surface area contributed by atoms with E-state index in [1.54, 1.807) is 0 Å². The zero-order valence-corrected chi connectivity index (χ0v) is 10.1. The molecule has 1 aromatic heterocycles. The van der Waals surface area contributed by atoms with Crippen LogP contribution in [0.1, 0.15) is 32.5 Å². The Hall–Kier alpha value is -1.72. The molecule has 1 fully saturated rings. The quantitative estimate of drug-likeness (QED) is 0.773. The molecule has 0 radical (unpaired) electrons. The molecular weight excluding hydrogens is 220 g/mol. The Morgan fingerprint density at radius 2 is 2.24 bits per heavy atom. The van der Waals surface area contributed by atoms with Crippen LogP contribution in [-0.2, 0) is 16.0 Å². The zero-order chi connectivity index (χ0) is 12.5. The first-order valence-corrected chi connectivity index (χ1v) is 5.70. The molecule has 17 heavy (non-hydrogen) atoms. The molecular formula is C11H16N4O2. The number of imide groups is 1. The van der Waals surface area contributed by atoms with Gasteiger partial charge in [-0.15, -0.1) is 0 Å². The van der Waals surface area contributed by atoms with Crippen molar-refractivity contribution in [3.63, 3.8) is 0 Å². The number of hydrogen-bond acceptors (Lipinski definition) is 4. The molecule has 0 bridgehead atoms. The molecule has 0 aromatic carbocycles.